The predicted molar refractivity (Wildman–Crippen MR) is 48.9 cm³/mol. The first-order valence-electron chi connectivity index (χ1n) is 4.26. The molecule has 2 N–H and O–H groups in total. The zero-order chi connectivity index (χ0) is 8.43. The Morgan fingerprint density at radius 3 is 2.55 bits per heavy atom. The Morgan fingerprint density at radius 1 is 1.45 bits per heavy atom. The third kappa shape index (κ3) is 1.86. The maximum atomic E-state index is 5.66. The predicted octanol–water partition coefficient (Wildman–Crippen LogP) is 2.31. The van der Waals surface area contributed by atoms with Crippen LogP contribution >= 0.6 is 0 Å². The highest BCUT2D eigenvalue weighted by molar-refractivity contribution is 5.22. The molecule has 2 unspecified atom stereocenters. The average Bonchev–Trinajstić information content (AvgIpc) is 1.85. The standard InChI is InChI=1S/C10H17N/c1-7(2)10-5-4-9(11)6-8(10)3/h4-8,10H,11H2,1-3H3. The van der Waals surface area contributed by atoms with E-state index in [0.717, 1.165) is 5.70 Å². The maximum Gasteiger partial charge on any atom is 0.0273 e. The topological polar surface area (TPSA) is 26.0 Å². The van der Waals surface area contributed by atoms with Crippen LogP contribution < -0.4 is 5.73 Å². The number of hydrogen-bond donors (Lipinski definition) is 1. The molecule has 1 rings (SSSR count). The van der Waals surface area contributed by atoms with Gasteiger partial charge in [0, 0.05) is 5.70 Å². The molecule has 1 nitrogen and oxygen atoms in total. The summed E-state index contributed by atoms with van der Waals surface area (Å²) in [6.45, 7) is 6.72. The normalized spacial score (nSPS) is 30.7. The minimum absolute atomic E-state index is 0.597. The van der Waals surface area contributed by atoms with E-state index in [4.69, 9.17) is 5.73 Å². The van der Waals surface area contributed by atoms with Crippen LogP contribution in [-0.2, 0) is 0 Å². The van der Waals surface area contributed by atoms with Gasteiger partial charge in [0.2, 0.25) is 0 Å². The first-order chi connectivity index (χ1) is 5.11. The van der Waals surface area contributed by atoms with Crippen molar-refractivity contribution in [3.8, 4) is 0 Å². The quantitative estimate of drug-likeness (QED) is 0.611. The van der Waals surface area contributed by atoms with Gasteiger partial charge in [-0.3, -0.25) is 0 Å². The van der Waals surface area contributed by atoms with E-state index in [1.165, 1.54) is 0 Å². The fraction of sp³-hybridized carbons (Fsp3) is 0.600. The Balaban J connectivity index is 2.69. The van der Waals surface area contributed by atoms with Crippen LogP contribution in [0.3, 0.4) is 0 Å². The molecule has 0 spiro atoms. The fourth-order valence-corrected chi connectivity index (χ4v) is 1.70. The second kappa shape index (κ2) is 3.12. The van der Waals surface area contributed by atoms with Crippen molar-refractivity contribution in [3.63, 3.8) is 0 Å². The maximum absolute atomic E-state index is 5.66. The monoisotopic (exact) mass is 151 g/mol. The van der Waals surface area contributed by atoms with Crippen molar-refractivity contribution < 1.29 is 0 Å². The van der Waals surface area contributed by atoms with Crippen molar-refractivity contribution in [2.24, 2.45) is 23.5 Å². The molecule has 0 fully saturated rings. The smallest absolute Gasteiger partial charge is 0.0273 e. The Bertz CT molecular complexity index is 189. The second-order valence-electron chi connectivity index (χ2n) is 3.71. The van der Waals surface area contributed by atoms with Gasteiger partial charge in [-0.2, -0.15) is 0 Å². The van der Waals surface area contributed by atoms with E-state index >= 15 is 0 Å². The molecule has 1 heteroatoms. The van der Waals surface area contributed by atoms with Crippen molar-refractivity contribution in [1.82, 2.24) is 0 Å². The van der Waals surface area contributed by atoms with Crippen molar-refractivity contribution >= 4 is 0 Å². The zero-order valence-electron chi connectivity index (χ0n) is 7.54. The molecule has 1 aliphatic carbocycles. The van der Waals surface area contributed by atoms with E-state index in [9.17, 15) is 0 Å². The lowest BCUT2D eigenvalue weighted by atomic mass is 9.81. The van der Waals surface area contributed by atoms with Crippen molar-refractivity contribution in [1.29, 1.82) is 0 Å². The van der Waals surface area contributed by atoms with Gasteiger partial charge in [0.15, 0.2) is 0 Å². The summed E-state index contributed by atoms with van der Waals surface area (Å²) in [6.07, 6.45) is 6.39. The van der Waals surface area contributed by atoms with E-state index in [0.29, 0.717) is 17.8 Å². The van der Waals surface area contributed by atoms with Gasteiger partial charge in [-0.25, -0.2) is 0 Å². The Hall–Kier alpha value is -0.720. The third-order valence-electron chi connectivity index (χ3n) is 2.34. The summed E-state index contributed by atoms with van der Waals surface area (Å²) in [4.78, 5) is 0. The highest BCUT2D eigenvalue weighted by atomic mass is 14.6. The number of rotatable bonds is 1. The molecule has 11 heavy (non-hydrogen) atoms. The van der Waals surface area contributed by atoms with Gasteiger partial charge in [0.05, 0.1) is 0 Å². The minimum Gasteiger partial charge on any atom is -0.399 e. The van der Waals surface area contributed by atoms with Gasteiger partial charge in [-0.05, 0) is 23.8 Å². The molecule has 0 aromatic heterocycles. The summed E-state index contributed by atoms with van der Waals surface area (Å²) in [5.41, 5.74) is 6.57. The summed E-state index contributed by atoms with van der Waals surface area (Å²) in [6, 6.07) is 0. The van der Waals surface area contributed by atoms with E-state index < -0.39 is 0 Å². The fourth-order valence-electron chi connectivity index (χ4n) is 1.70. The van der Waals surface area contributed by atoms with Crippen LogP contribution in [0.15, 0.2) is 23.9 Å². The Kier molecular flexibility index (Phi) is 2.38. The molecule has 0 bridgehead atoms. The molecule has 0 aromatic rings. The van der Waals surface area contributed by atoms with E-state index in [1.54, 1.807) is 0 Å². The molecule has 62 valence electrons. The number of allylic oxidation sites excluding steroid dienone is 3. The molecular weight excluding hydrogens is 134 g/mol. The van der Waals surface area contributed by atoms with Crippen LogP contribution in [0.4, 0.5) is 0 Å². The van der Waals surface area contributed by atoms with Crippen LogP contribution in [-0.4, -0.2) is 0 Å². The van der Waals surface area contributed by atoms with Gasteiger partial charge in [0.1, 0.15) is 0 Å². The molecule has 0 amide bonds. The Labute approximate surface area is 69.0 Å². The average molecular weight is 151 g/mol. The van der Waals surface area contributed by atoms with Crippen LogP contribution in [0.1, 0.15) is 20.8 Å². The SMILES string of the molecule is CC(C)C1C=CC(N)=CC1C. The van der Waals surface area contributed by atoms with Crippen molar-refractivity contribution in [2.45, 2.75) is 20.8 Å². The van der Waals surface area contributed by atoms with Gasteiger partial charge in [-0.1, -0.05) is 32.9 Å². The van der Waals surface area contributed by atoms with Gasteiger partial charge in [0.25, 0.3) is 0 Å². The van der Waals surface area contributed by atoms with Gasteiger partial charge >= 0.3 is 0 Å². The highest BCUT2D eigenvalue weighted by Gasteiger charge is 2.18. The molecule has 2 atom stereocenters. The molecule has 1 aliphatic rings. The van der Waals surface area contributed by atoms with E-state index in [-0.39, 0.29) is 0 Å². The molecule has 0 aromatic carbocycles. The van der Waals surface area contributed by atoms with Gasteiger partial charge in [-0.15, -0.1) is 0 Å². The second-order valence-corrected chi connectivity index (χ2v) is 3.71. The van der Waals surface area contributed by atoms with E-state index in [2.05, 4.69) is 32.9 Å². The molecule has 0 heterocycles. The first-order valence-corrected chi connectivity index (χ1v) is 4.26. The van der Waals surface area contributed by atoms with Crippen LogP contribution in [0, 0.1) is 17.8 Å². The summed E-state index contributed by atoms with van der Waals surface area (Å²) in [7, 11) is 0. The highest BCUT2D eigenvalue weighted by Crippen LogP contribution is 2.27. The zero-order valence-corrected chi connectivity index (χ0v) is 7.54. The molecule has 0 saturated heterocycles. The lowest BCUT2D eigenvalue weighted by Crippen LogP contribution is -2.18. The molecule has 0 aliphatic heterocycles. The summed E-state index contributed by atoms with van der Waals surface area (Å²) in [5, 5.41) is 0. The van der Waals surface area contributed by atoms with Crippen LogP contribution in [0.25, 0.3) is 0 Å². The first kappa shape index (κ1) is 8.38. The number of hydrogen-bond acceptors (Lipinski definition) is 1. The third-order valence-corrected chi connectivity index (χ3v) is 2.34. The van der Waals surface area contributed by atoms with Crippen LogP contribution in [0.2, 0.25) is 0 Å². The molecule has 0 radical (unpaired) electrons. The lowest BCUT2D eigenvalue weighted by Gasteiger charge is -2.25. The molecular formula is C10H17N. The number of nitrogens with two attached hydrogens (primary N) is 1. The Morgan fingerprint density at radius 2 is 2.09 bits per heavy atom. The van der Waals surface area contributed by atoms with Crippen LogP contribution in [0.5, 0.6) is 0 Å². The van der Waals surface area contributed by atoms with Gasteiger partial charge < -0.3 is 5.73 Å². The summed E-state index contributed by atoms with van der Waals surface area (Å²) < 4.78 is 0. The summed E-state index contributed by atoms with van der Waals surface area (Å²) in [5.74, 6) is 1.98. The van der Waals surface area contributed by atoms with Crippen molar-refractivity contribution in [3.05, 3.63) is 23.9 Å². The largest absolute Gasteiger partial charge is 0.399 e. The minimum atomic E-state index is 0.597. The van der Waals surface area contributed by atoms with E-state index in [1.807, 2.05) is 6.08 Å². The lowest BCUT2D eigenvalue weighted by molar-refractivity contribution is 0.379. The summed E-state index contributed by atoms with van der Waals surface area (Å²) >= 11 is 0. The van der Waals surface area contributed by atoms with Crippen molar-refractivity contribution in [2.75, 3.05) is 0 Å². The molecule has 0 saturated carbocycles.